The van der Waals surface area contributed by atoms with E-state index in [1.807, 2.05) is 63.1 Å². The number of benzene rings is 2. The molecule has 2 saturated heterocycles. The monoisotopic (exact) mass is 938 g/mol. The number of likely N-dealkylation sites (tertiary alicyclic amines) is 2. The van der Waals surface area contributed by atoms with Crippen LogP contribution in [0.15, 0.2) is 66.7 Å². The van der Waals surface area contributed by atoms with Crippen molar-refractivity contribution in [3.8, 4) is 0 Å². The molecule has 0 unspecified atom stereocenters. The quantitative estimate of drug-likeness (QED) is 0.115. The summed E-state index contributed by atoms with van der Waals surface area (Å²) in [6, 6.07) is 15.9. The number of hydrogen-bond acceptors (Lipinski definition) is 10. The molecule has 14 heteroatoms. The van der Waals surface area contributed by atoms with Gasteiger partial charge in [-0.05, 0) is 86.6 Å². The van der Waals surface area contributed by atoms with Gasteiger partial charge < -0.3 is 24.6 Å². The molecule has 14 nitrogen and oxygen atoms in total. The largest absolute Gasteiger partial charge is 0.379 e. The van der Waals surface area contributed by atoms with Crippen molar-refractivity contribution >= 4 is 46.8 Å². The molecule has 370 valence electrons. The van der Waals surface area contributed by atoms with Crippen molar-refractivity contribution in [1.29, 1.82) is 0 Å². The lowest BCUT2D eigenvalue weighted by molar-refractivity contribution is -0.149. The van der Waals surface area contributed by atoms with Crippen LogP contribution >= 0.6 is 0 Å². The van der Waals surface area contributed by atoms with Gasteiger partial charge in [-0.3, -0.25) is 43.4 Å². The first kappa shape index (κ1) is 52.3. The maximum atomic E-state index is 14.5. The molecule has 2 bridgehead atoms. The van der Waals surface area contributed by atoms with Crippen LogP contribution in [0.3, 0.4) is 0 Å². The molecule has 1 aliphatic carbocycles. The Hall–Kier alpha value is -5.05. The number of carbonyl (C=O) groups excluding carboxylic acids is 7. The fraction of sp³-hybridized carbons (Fsp3) is 0.611. The highest BCUT2D eigenvalue weighted by molar-refractivity contribution is 6.12. The number of imide groups is 1. The summed E-state index contributed by atoms with van der Waals surface area (Å²) in [5, 5.41) is 2.97. The van der Waals surface area contributed by atoms with Gasteiger partial charge in [-0.1, -0.05) is 83.5 Å². The van der Waals surface area contributed by atoms with Crippen molar-refractivity contribution in [1.82, 2.24) is 19.6 Å². The Morgan fingerprint density at radius 1 is 0.838 bits per heavy atom. The Balaban J connectivity index is 1.11. The Morgan fingerprint density at radius 3 is 2.10 bits per heavy atom. The van der Waals surface area contributed by atoms with Gasteiger partial charge in [0.1, 0.15) is 5.78 Å². The van der Waals surface area contributed by atoms with E-state index in [1.165, 1.54) is 12.2 Å². The van der Waals surface area contributed by atoms with Crippen LogP contribution in [0.25, 0.3) is 0 Å². The molecule has 0 radical (unpaired) electrons. The number of hydrogen-bond donors (Lipinski definition) is 1. The second kappa shape index (κ2) is 23.5. The van der Waals surface area contributed by atoms with E-state index in [9.17, 15) is 33.6 Å². The van der Waals surface area contributed by atoms with Crippen LogP contribution in [0.1, 0.15) is 104 Å². The zero-order chi connectivity index (χ0) is 49.4. The number of nitrogens with one attached hydrogen (secondary N) is 1. The van der Waals surface area contributed by atoms with Gasteiger partial charge in [0, 0.05) is 82.3 Å². The summed E-state index contributed by atoms with van der Waals surface area (Å²) in [5.74, 6) is -2.94. The number of fused-ring (bicyclic) bond motifs is 2. The van der Waals surface area contributed by atoms with Crippen LogP contribution < -0.4 is 5.32 Å². The number of ketones is 2. The van der Waals surface area contributed by atoms with Gasteiger partial charge in [-0.2, -0.15) is 0 Å². The first-order chi connectivity index (χ1) is 32.5. The summed E-state index contributed by atoms with van der Waals surface area (Å²) in [5.41, 5.74) is 2.14. The predicted molar refractivity (Wildman–Crippen MR) is 260 cm³/mol. The van der Waals surface area contributed by atoms with Gasteiger partial charge in [0.2, 0.25) is 17.7 Å². The molecule has 0 spiro atoms. The minimum absolute atomic E-state index is 0.0162. The lowest BCUT2D eigenvalue weighted by Crippen LogP contribution is -2.54. The Labute approximate surface area is 403 Å². The summed E-state index contributed by atoms with van der Waals surface area (Å²) in [6.07, 6.45) is 7.02. The average molecular weight is 938 g/mol. The normalized spacial score (nSPS) is 23.4. The summed E-state index contributed by atoms with van der Waals surface area (Å²) in [4.78, 5) is 102. The van der Waals surface area contributed by atoms with E-state index in [0.29, 0.717) is 37.0 Å². The predicted octanol–water partition coefficient (Wildman–Crippen LogP) is 6.50. The van der Waals surface area contributed by atoms with Gasteiger partial charge >= 0.3 is 0 Å². The first-order valence-electron chi connectivity index (χ1n) is 24.8. The molecule has 0 aromatic heterocycles. The van der Waals surface area contributed by atoms with Gasteiger partial charge in [0.25, 0.3) is 11.8 Å². The van der Waals surface area contributed by atoms with Crippen molar-refractivity contribution < 1.29 is 43.0 Å². The van der Waals surface area contributed by atoms with E-state index in [4.69, 9.17) is 9.47 Å². The SMILES string of the molecule is CC[C@H](C)[C@@H]([C@@H](CC(=O)N1CCC[C@H]1[C@H](OC)[C@@H](C)C(=O)C[C@@H](Cc1ccccc1)C(=O)Nc1ccc(CN2C(=O)C=CC2=O)cc1)OC)N(C)C(=O)[C@@H](CC(=O)[C@@H]1[C@H]2CC[C@H](C2)N1C)C(C)C. The molecule has 5 amide bonds. The molecule has 1 saturated carbocycles. The molecule has 4 aliphatic rings. The molecule has 2 aromatic rings. The van der Waals surface area contributed by atoms with Crippen molar-refractivity contribution in [3.05, 3.63) is 77.9 Å². The Bertz CT molecular complexity index is 2120. The van der Waals surface area contributed by atoms with Crippen LogP contribution in [0.4, 0.5) is 5.69 Å². The van der Waals surface area contributed by atoms with Crippen molar-refractivity contribution in [3.63, 3.8) is 0 Å². The van der Waals surface area contributed by atoms with E-state index < -0.39 is 42.0 Å². The molecule has 3 heterocycles. The number of ether oxygens (including phenoxy) is 2. The highest BCUT2D eigenvalue weighted by Gasteiger charge is 2.48. The Morgan fingerprint density at radius 2 is 1.51 bits per heavy atom. The average Bonchev–Trinajstić information content (AvgIpc) is 4.14. The minimum Gasteiger partial charge on any atom is -0.379 e. The fourth-order valence-corrected chi connectivity index (χ4v) is 11.5. The van der Waals surface area contributed by atoms with Gasteiger partial charge in [0.15, 0.2) is 5.78 Å². The third-order valence-corrected chi connectivity index (χ3v) is 15.7. The number of Topliss-reactive ketones (excluding diaryl/α,β-unsaturated/α-hetero) is 2. The third-order valence-electron chi connectivity index (χ3n) is 15.7. The molecule has 6 rings (SSSR count). The van der Waals surface area contributed by atoms with Crippen molar-refractivity contribution in [2.45, 2.75) is 142 Å². The smallest absolute Gasteiger partial charge is 0.253 e. The van der Waals surface area contributed by atoms with E-state index >= 15 is 0 Å². The van der Waals surface area contributed by atoms with Crippen molar-refractivity contribution in [2.75, 3.05) is 40.2 Å². The number of piperidine rings is 1. The highest BCUT2D eigenvalue weighted by Crippen LogP contribution is 2.43. The van der Waals surface area contributed by atoms with Gasteiger partial charge in [-0.25, -0.2) is 0 Å². The van der Waals surface area contributed by atoms with Crippen LogP contribution in [-0.4, -0.2) is 132 Å². The van der Waals surface area contributed by atoms with Crippen molar-refractivity contribution in [2.24, 2.45) is 35.5 Å². The topological polar surface area (TPSA) is 163 Å². The minimum atomic E-state index is -0.719. The molecular weight excluding hydrogens is 863 g/mol. The fourth-order valence-electron chi connectivity index (χ4n) is 11.5. The summed E-state index contributed by atoms with van der Waals surface area (Å²) in [7, 11) is 6.97. The summed E-state index contributed by atoms with van der Waals surface area (Å²) in [6.45, 7) is 10.5. The van der Waals surface area contributed by atoms with E-state index in [1.54, 1.807) is 50.4 Å². The highest BCUT2D eigenvalue weighted by atomic mass is 16.5. The molecule has 11 atom stereocenters. The zero-order valence-corrected chi connectivity index (χ0v) is 41.7. The van der Waals surface area contributed by atoms with Crippen LogP contribution in [0.2, 0.25) is 0 Å². The standard InChI is InChI=1S/C54H75N5O9/c1-10-34(4)50(57(7)54(66)42(33(2)3)30-45(61)51-38-20-23-41(28-38)56(51)6)46(67-8)31-49(64)58-26-14-17-43(58)52(68-9)35(5)44(60)29-39(27-36-15-12-11-13-16-36)53(65)55-40-21-18-37(19-22-40)32-59-47(62)24-25-48(59)63/h11-13,15-16,18-19,21-22,24-25,33-35,38-39,41-43,46,50-52H,10,14,17,20,23,26-32H2,1-9H3,(H,55,65)/t34-,35-,38-,39+,41+,42-,43-,46+,50-,51-,52+/m0/s1. The number of nitrogens with zero attached hydrogens (tertiary/aromatic N) is 4. The number of amides is 5. The molecule has 3 fully saturated rings. The van der Waals surface area contributed by atoms with Gasteiger partial charge in [-0.15, -0.1) is 0 Å². The summed E-state index contributed by atoms with van der Waals surface area (Å²) >= 11 is 0. The van der Waals surface area contributed by atoms with E-state index in [2.05, 4.69) is 24.1 Å². The lowest BCUT2D eigenvalue weighted by atomic mass is 9.83. The number of methoxy groups -OCH3 is 2. The Kier molecular flexibility index (Phi) is 18.1. The molecule has 1 N–H and O–H groups in total. The van der Waals surface area contributed by atoms with Gasteiger partial charge in [0.05, 0.1) is 43.3 Å². The number of carbonyl (C=O) groups is 7. The summed E-state index contributed by atoms with van der Waals surface area (Å²) < 4.78 is 12.2. The van der Waals surface area contributed by atoms with Crippen LogP contribution in [-0.2, 0) is 56.0 Å². The van der Waals surface area contributed by atoms with E-state index in [0.717, 1.165) is 48.1 Å². The maximum absolute atomic E-state index is 14.5. The van der Waals surface area contributed by atoms with Crippen LogP contribution in [0, 0.1) is 35.5 Å². The molecule has 2 aromatic carbocycles. The second-order valence-corrected chi connectivity index (χ2v) is 20.3. The third kappa shape index (κ3) is 12.0. The zero-order valence-electron chi connectivity index (χ0n) is 41.7. The first-order valence-corrected chi connectivity index (χ1v) is 24.8. The maximum Gasteiger partial charge on any atom is 0.253 e. The van der Waals surface area contributed by atoms with E-state index in [-0.39, 0.29) is 84.8 Å². The molecular formula is C54H75N5O9. The second-order valence-electron chi connectivity index (χ2n) is 20.3. The number of rotatable bonds is 24. The molecule has 3 aliphatic heterocycles. The number of likely N-dealkylation sites (N-methyl/N-ethyl adjacent to an activating group) is 2. The lowest BCUT2D eigenvalue weighted by Gasteiger charge is -2.41. The van der Waals surface area contributed by atoms with Crippen LogP contribution in [0.5, 0.6) is 0 Å². The molecule has 68 heavy (non-hydrogen) atoms. The number of anilines is 1.